The second-order valence-corrected chi connectivity index (χ2v) is 8.61. The van der Waals surface area contributed by atoms with Crippen LogP contribution in [0.15, 0.2) is 67.0 Å². The summed E-state index contributed by atoms with van der Waals surface area (Å²) in [4.78, 5) is 9.46. The Morgan fingerprint density at radius 2 is 1.84 bits per heavy atom. The van der Waals surface area contributed by atoms with Crippen molar-refractivity contribution in [2.45, 2.75) is 45.1 Å². The first-order valence-electron chi connectivity index (χ1n) is 11.1. The second kappa shape index (κ2) is 8.42. The van der Waals surface area contributed by atoms with Gasteiger partial charge in [-0.1, -0.05) is 62.2 Å². The highest BCUT2D eigenvalue weighted by Gasteiger charge is 2.26. The lowest BCUT2D eigenvalue weighted by molar-refractivity contribution is 0.306. The van der Waals surface area contributed by atoms with Gasteiger partial charge in [0.05, 0.1) is 0 Å². The van der Waals surface area contributed by atoms with Crippen molar-refractivity contribution in [1.29, 1.82) is 0 Å². The van der Waals surface area contributed by atoms with Crippen molar-refractivity contribution in [3.63, 3.8) is 0 Å². The van der Waals surface area contributed by atoms with Crippen LogP contribution in [0.1, 0.15) is 49.9 Å². The quantitative estimate of drug-likeness (QED) is 0.446. The van der Waals surface area contributed by atoms with Crippen LogP contribution in [0.2, 0.25) is 0 Å². The van der Waals surface area contributed by atoms with Crippen LogP contribution in [-0.4, -0.2) is 14.4 Å². The Kier molecular flexibility index (Phi) is 5.33. The smallest absolute Gasteiger partial charge is 0.150 e. The van der Waals surface area contributed by atoms with Gasteiger partial charge in [0.15, 0.2) is 0 Å². The summed E-state index contributed by atoms with van der Waals surface area (Å²) in [5.41, 5.74) is 10.2. The minimum Gasteiger partial charge on any atom is -0.489 e. The molecule has 0 radical (unpaired) electrons. The average Bonchev–Trinajstić information content (AvgIpc) is 3.20. The fourth-order valence-electron chi connectivity index (χ4n) is 4.57. The number of hydrogen-bond donors (Lipinski definition) is 1. The van der Waals surface area contributed by atoms with E-state index in [2.05, 4.69) is 34.5 Å². The predicted octanol–water partition coefficient (Wildman–Crippen LogP) is 5.85. The van der Waals surface area contributed by atoms with E-state index in [0.29, 0.717) is 18.3 Å². The molecular weight excluding hydrogens is 384 g/mol. The molecule has 5 heteroatoms. The number of nitrogens with zero attached hydrogens (tertiary/aromatic N) is 3. The third-order valence-electron chi connectivity index (χ3n) is 6.35. The number of ether oxygens (including phenoxy) is 1. The van der Waals surface area contributed by atoms with Crippen molar-refractivity contribution >= 4 is 11.3 Å². The van der Waals surface area contributed by atoms with E-state index in [0.717, 1.165) is 39.8 Å². The zero-order chi connectivity index (χ0) is 21.2. The van der Waals surface area contributed by atoms with E-state index in [9.17, 15) is 0 Å². The number of benzene rings is 2. The molecule has 0 unspecified atom stereocenters. The van der Waals surface area contributed by atoms with Gasteiger partial charge < -0.3 is 10.5 Å². The zero-order valence-electron chi connectivity index (χ0n) is 17.9. The molecule has 2 aromatic carbocycles. The highest BCUT2D eigenvalue weighted by Crippen LogP contribution is 2.38. The molecule has 0 aliphatic heterocycles. The molecule has 5 nitrogen and oxygen atoms in total. The van der Waals surface area contributed by atoms with Crippen molar-refractivity contribution in [2.75, 3.05) is 5.73 Å². The Morgan fingerprint density at radius 1 is 1.03 bits per heavy atom. The first-order chi connectivity index (χ1) is 15.2. The van der Waals surface area contributed by atoms with E-state index in [1.165, 1.54) is 25.7 Å². The molecule has 1 fully saturated rings. The van der Waals surface area contributed by atoms with Gasteiger partial charge in [0.25, 0.3) is 0 Å². The zero-order valence-corrected chi connectivity index (χ0v) is 17.9. The summed E-state index contributed by atoms with van der Waals surface area (Å²) in [6, 6.07) is 18.3. The standard InChI is InChI=1S/C26H28N4O/c1-18-10-12-20(13-11-18)26-29-23(24-25(27)28-14-15-30(24)26)21-8-5-9-22(16-21)31-17-19-6-3-2-4-7-19/h2-9,14-16,18,20H,10-13,17H2,1H3,(H2,27,28). The van der Waals surface area contributed by atoms with Crippen molar-refractivity contribution < 1.29 is 4.74 Å². The van der Waals surface area contributed by atoms with Gasteiger partial charge in [-0.3, -0.25) is 4.40 Å². The van der Waals surface area contributed by atoms with E-state index < -0.39 is 0 Å². The maximum absolute atomic E-state index is 6.33. The molecule has 2 aromatic heterocycles. The van der Waals surface area contributed by atoms with Crippen molar-refractivity contribution in [3.05, 3.63) is 78.4 Å². The summed E-state index contributed by atoms with van der Waals surface area (Å²) >= 11 is 0. The fourth-order valence-corrected chi connectivity index (χ4v) is 4.57. The number of fused-ring (bicyclic) bond motifs is 1. The van der Waals surface area contributed by atoms with Gasteiger partial charge in [-0.25, -0.2) is 9.97 Å². The molecule has 4 aromatic rings. The van der Waals surface area contributed by atoms with Crippen LogP contribution < -0.4 is 10.5 Å². The molecule has 1 aliphatic carbocycles. The van der Waals surface area contributed by atoms with Gasteiger partial charge in [0.2, 0.25) is 0 Å². The first kappa shape index (κ1) is 19.6. The van der Waals surface area contributed by atoms with Gasteiger partial charge in [-0.2, -0.15) is 0 Å². The summed E-state index contributed by atoms with van der Waals surface area (Å²) in [6.07, 6.45) is 8.59. The molecule has 0 atom stereocenters. The number of imidazole rings is 1. The molecular formula is C26H28N4O. The number of nitrogen functional groups attached to an aromatic ring is 1. The molecule has 158 valence electrons. The highest BCUT2D eigenvalue weighted by molar-refractivity contribution is 5.85. The Morgan fingerprint density at radius 3 is 2.65 bits per heavy atom. The normalized spacial score (nSPS) is 18.9. The molecule has 0 spiro atoms. The Hall–Kier alpha value is -3.34. The largest absolute Gasteiger partial charge is 0.489 e. The topological polar surface area (TPSA) is 65.4 Å². The van der Waals surface area contributed by atoms with Crippen molar-refractivity contribution in [3.8, 4) is 17.0 Å². The minimum absolute atomic E-state index is 0.455. The Labute approximate surface area is 182 Å². The number of aromatic nitrogens is 3. The molecule has 0 saturated heterocycles. The number of nitrogens with two attached hydrogens (primary N) is 1. The second-order valence-electron chi connectivity index (χ2n) is 8.61. The van der Waals surface area contributed by atoms with Crippen LogP contribution in [0, 0.1) is 5.92 Å². The molecule has 0 amide bonds. The third-order valence-corrected chi connectivity index (χ3v) is 6.35. The van der Waals surface area contributed by atoms with E-state index in [1.807, 2.05) is 42.6 Å². The van der Waals surface area contributed by atoms with Crippen molar-refractivity contribution in [2.24, 2.45) is 5.92 Å². The van der Waals surface area contributed by atoms with Crippen LogP contribution in [0.3, 0.4) is 0 Å². The summed E-state index contributed by atoms with van der Waals surface area (Å²) < 4.78 is 8.20. The molecule has 2 heterocycles. The van der Waals surface area contributed by atoms with Crippen LogP contribution in [0.25, 0.3) is 16.8 Å². The van der Waals surface area contributed by atoms with E-state index >= 15 is 0 Å². The van der Waals surface area contributed by atoms with Crippen LogP contribution in [0.4, 0.5) is 5.82 Å². The lowest BCUT2D eigenvalue weighted by Crippen LogP contribution is -2.13. The lowest BCUT2D eigenvalue weighted by atomic mass is 9.82. The van der Waals surface area contributed by atoms with Gasteiger partial charge in [0.1, 0.15) is 35.2 Å². The SMILES string of the molecule is CC1CCC(c2nc(-c3cccc(OCc4ccccc4)c3)c3c(N)nccn23)CC1. The summed E-state index contributed by atoms with van der Waals surface area (Å²) in [5, 5.41) is 0. The number of rotatable bonds is 5. The van der Waals surface area contributed by atoms with Crippen LogP contribution in [-0.2, 0) is 6.61 Å². The Bertz CT molecular complexity index is 1180. The summed E-state index contributed by atoms with van der Waals surface area (Å²) in [5.74, 6) is 3.68. The molecule has 1 aliphatic rings. The first-order valence-corrected chi connectivity index (χ1v) is 11.1. The van der Waals surface area contributed by atoms with Gasteiger partial charge in [-0.15, -0.1) is 0 Å². The van der Waals surface area contributed by atoms with Gasteiger partial charge in [-0.05, 0) is 36.5 Å². The van der Waals surface area contributed by atoms with Crippen LogP contribution >= 0.6 is 0 Å². The predicted molar refractivity (Wildman–Crippen MR) is 124 cm³/mol. The maximum Gasteiger partial charge on any atom is 0.150 e. The summed E-state index contributed by atoms with van der Waals surface area (Å²) in [6.45, 7) is 2.87. The van der Waals surface area contributed by atoms with Crippen LogP contribution in [0.5, 0.6) is 5.75 Å². The van der Waals surface area contributed by atoms with E-state index in [1.54, 1.807) is 6.20 Å². The monoisotopic (exact) mass is 412 g/mol. The molecule has 1 saturated carbocycles. The highest BCUT2D eigenvalue weighted by atomic mass is 16.5. The molecule has 2 N–H and O–H groups in total. The van der Waals surface area contributed by atoms with E-state index in [4.69, 9.17) is 15.5 Å². The third kappa shape index (κ3) is 4.00. The van der Waals surface area contributed by atoms with E-state index in [-0.39, 0.29) is 0 Å². The molecule has 5 rings (SSSR count). The number of anilines is 1. The molecule has 31 heavy (non-hydrogen) atoms. The average molecular weight is 413 g/mol. The minimum atomic E-state index is 0.455. The van der Waals surface area contributed by atoms with Gasteiger partial charge in [0, 0.05) is 23.9 Å². The Balaban J connectivity index is 1.50. The fraction of sp³-hybridized carbons (Fsp3) is 0.308. The molecule has 0 bridgehead atoms. The lowest BCUT2D eigenvalue weighted by Gasteiger charge is -2.25. The van der Waals surface area contributed by atoms with Gasteiger partial charge >= 0.3 is 0 Å². The maximum atomic E-state index is 6.33. The summed E-state index contributed by atoms with van der Waals surface area (Å²) in [7, 11) is 0. The van der Waals surface area contributed by atoms with Crippen molar-refractivity contribution in [1.82, 2.24) is 14.4 Å². The number of hydrogen-bond acceptors (Lipinski definition) is 4.